The molecular formula is C17H21ClN2. The first-order chi connectivity index (χ1) is 9.70. The minimum absolute atomic E-state index is 0.621. The second-order valence-electron chi connectivity index (χ2n) is 5.67. The van der Waals surface area contributed by atoms with Crippen molar-refractivity contribution in [3.8, 4) is 0 Å². The highest BCUT2D eigenvalue weighted by molar-refractivity contribution is 6.32. The molecule has 1 aromatic carbocycles. The van der Waals surface area contributed by atoms with E-state index in [2.05, 4.69) is 31.3 Å². The zero-order valence-corrected chi connectivity index (χ0v) is 12.9. The van der Waals surface area contributed by atoms with Crippen LogP contribution in [0.1, 0.15) is 49.8 Å². The summed E-state index contributed by atoms with van der Waals surface area (Å²) in [5.41, 5.74) is 4.57. The summed E-state index contributed by atoms with van der Waals surface area (Å²) in [4.78, 5) is 4.94. The summed E-state index contributed by atoms with van der Waals surface area (Å²) in [6.45, 7) is 5.11. The second-order valence-corrected chi connectivity index (χ2v) is 6.08. The predicted molar refractivity (Wildman–Crippen MR) is 86.9 cm³/mol. The highest BCUT2D eigenvalue weighted by atomic mass is 35.5. The van der Waals surface area contributed by atoms with Crippen molar-refractivity contribution in [3.05, 3.63) is 34.5 Å². The van der Waals surface area contributed by atoms with Crippen LogP contribution in [0.2, 0.25) is 5.02 Å². The third-order valence-corrected chi connectivity index (χ3v) is 4.74. The molecule has 1 N–H and O–H groups in total. The van der Waals surface area contributed by atoms with Crippen LogP contribution in [0.4, 0.5) is 5.69 Å². The maximum absolute atomic E-state index is 6.27. The molecule has 106 valence electrons. The Hall–Kier alpha value is -1.28. The van der Waals surface area contributed by atoms with Gasteiger partial charge in [0.2, 0.25) is 0 Å². The van der Waals surface area contributed by atoms with Gasteiger partial charge in [0.1, 0.15) is 0 Å². The number of fused-ring (bicyclic) bond motifs is 1. The van der Waals surface area contributed by atoms with Gasteiger partial charge in [-0.1, -0.05) is 24.4 Å². The summed E-state index contributed by atoms with van der Waals surface area (Å²) in [7, 11) is 0. The first-order valence-electron chi connectivity index (χ1n) is 7.54. The highest BCUT2D eigenvalue weighted by Crippen LogP contribution is 2.37. The molecule has 0 spiro atoms. The van der Waals surface area contributed by atoms with Crippen LogP contribution in [0.5, 0.6) is 0 Å². The van der Waals surface area contributed by atoms with Gasteiger partial charge in [0.25, 0.3) is 0 Å². The van der Waals surface area contributed by atoms with Gasteiger partial charge in [-0.25, -0.2) is 0 Å². The van der Waals surface area contributed by atoms with E-state index in [0.29, 0.717) is 5.92 Å². The molecule has 0 saturated heterocycles. The van der Waals surface area contributed by atoms with Crippen molar-refractivity contribution in [2.45, 2.75) is 45.4 Å². The number of hydrogen-bond acceptors (Lipinski definition) is 2. The topological polar surface area (TPSA) is 24.9 Å². The quantitative estimate of drug-likeness (QED) is 0.830. The zero-order chi connectivity index (χ0) is 14.1. The summed E-state index contributed by atoms with van der Waals surface area (Å²) in [5.74, 6) is 0.621. The lowest BCUT2D eigenvalue weighted by Gasteiger charge is -2.16. The molecule has 2 aromatic rings. The largest absolute Gasteiger partial charge is 0.385 e. The van der Waals surface area contributed by atoms with Crippen molar-refractivity contribution in [2.75, 3.05) is 11.9 Å². The lowest BCUT2D eigenvalue weighted by molar-refractivity contribution is 0.701. The van der Waals surface area contributed by atoms with Gasteiger partial charge in [-0.2, -0.15) is 0 Å². The number of halogens is 1. The molecule has 1 aromatic heterocycles. The molecule has 0 unspecified atom stereocenters. The van der Waals surface area contributed by atoms with E-state index in [-0.39, 0.29) is 0 Å². The van der Waals surface area contributed by atoms with Gasteiger partial charge in [-0.15, -0.1) is 0 Å². The average Bonchev–Trinajstić information content (AvgIpc) is 2.97. The van der Waals surface area contributed by atoms with Crippen LogP contribution in [-0.4, -0.2) is 11.5 Å². The van der Waals surface area contributed by atoms with E-state index in [1.54, 1.807) is 0 Å². The minimum atomic E-state index is 0.621. The van der Waals surface area contributed by atoms with Gasteiger partial charge in [-0.3, -0.25) is 4.98 Å². The molecular weight excluding hydrogens is 268 g/mol. The Morgan fingerprint density at radius 1 is 1.30 bits per heavy atom. The average molecular weight is 289 g/mol. The van der Waals surface area contributed by atoms with Crippen LogP contribution in [0.15, 0.2) is 18.2 Å². The van der Waals surface area contributed by atoms with Gasteiger partial charge in [0, 0.05) is 34.3 Å². The number of benzene rings is 1. The SMILES string of the molecule is CCNc1cc(C2CCCC2)nc2c(C)c(Cl)ccc12. The molecule has 0 atom stereocenters. The van der Waals surface area contributed by atoms with Crippen LogP contribution < -0.4 is 5.32 Å². The number of hydrogen-bond donors (Lipinski definition) is 1. The van der Waals surface area contributed by atoms with Crippen molar-refractivity contribution >= 4 is 28.2 Å². The first-order valence-corrected chi connectivity index (χ1v) is 7.92. The number of anilines is 1. The lowest BCUT2D eigenvalue weighted by Crippen LogP contribution is -2.03. The van der Waals surface area contributed by atoms with Crippen LogP contribution in [0, 0.1) is 6.92 Å². The number of nitrogens with zero attached hydrogens (tertiary/aromatic N) is 1. The van der Waals surface area contributed by atoms with Crippen molar-refractivity contribution in [1.29, 1.82) is 0 Å². The van der Waals surface area contributed by atoms with Crippen molar-refractivity contribution in [1.82, 2.24) is 4.98 Å². The number of rotatable bonds is 3. The Bertz CT molecular complexity index is 630. The fourth-order valence-electron chi connectivity index (χ4n) is 3.19. The van der Waals surface area contributed by atoms with E-state index in [1.807, 2.05) is 6.07 Å². The molecule has 2 nitrogen and oxygen atoms in total. The maximum atomic E-state index is 6.27. The Labute approximate surface area is 125 Å². The maximum Gasteiger partial charge on any atom is 0.0770 e. The summed E-state index contributed by atoms with van der Waals surface area (Å²) < 4.78 is 0. The van der Waals surface area contributed by atoms with Crippen molar-refractivity contribution in [2.24, 2.45) is 0 Å². The van der Waals surface area contributed by atoms with Gasteiger partial charge in [0.15, 0.2) is 0 Å². The van der Waals surface area contributed by atoms with Crippen molar-refractivity contribution in [3.63, 3.8) is 0 Å². The van der Waals surface area contributed by atoms with Crippen molar-refractivity contribution < 1.29 is 0 Å². The summed E-state index contributed by atoms with van der Waals surface area (Å²) in [6, 6.07) is 6.29. The van der Waals surface area contributed by atoms with Gasteiger partial charge >= 0.3 is 0 Å². The van der Waals surface area contributed by atoms with Gasteiger partial charge < -0.3 is 5.32 Å². The molecule has 3 heteroatoms. The first kappa shape index (κ1) is 13.7. The van der Waals surface area contributed by atoms with Crippen LogP contribution >= 0.6 is 11.6 Å². The molecule has 1 fully saturated rings. The minimum Gasteiger partial charge on any atom is -0.385 e. The number of pyridine rings is 1. The fraction of sp³-hybridized carbons (Fsp3) is 0.471. The van der Waals surface area contributed by atoms with E-state index in [1.165, 1.54) is 42.5 Å². The Balaban J connectivity index is 2.19. The zero-order valence-electron chi connectivity index (χ0n) is 12.2. The standard InChI is InChI=1S/C17H21ClN2/c1-3-19-16-10-15(12-6-4-5-7-12)20-17-11(2)14(18)9-8-13(16)17/h8-10,12H,3-7H2,1-2H3,(H,19,20). The molecule has 0 radical (unpaired) electrons. The van der Waals surface area contributed by atoms with Crippen LogP contribution in [0.25, 0.3) is 10.9 Å². The van der Waals surface area contributed by atoms with E-state index in [0.717, 1.165) is 22.6 Å². The predicted octanol–water partition coefficient (Wildman–Crippen LogP) is 5.29. The molecule has 0 aliphatic heterocycles. The van der Waals surface area contributed by atoms with Gasteiger partial charge in [0.05, 0.1) is 5.52 Å². The molecule has 1 heterocycles. The Morgan fingerprint density at radius 2 is 2.05 bits per heavy atom. The van der Waals surface area contributed by atoms with E-state index in [9.17, 15) is 0 Å². The van der Waals surface area contributed by atoms with Gasteiger partial charge in [-0.05, 0) is 50.5 Å². The molecule has 1 aliphatic carbocycles. The third-order valence-electron chi connectivity index (χ3n) is 4.33. The molecule has 1 saturated carbocycles. The lowest BCUT2D eigenvalue weighted by atomic mass is 10.00. The second kappa shape index (κ2) is 5.61. The summed E-state index contributed by atoms with van der Waals surface area (Å²) >= 11 is 6.27. The number of aromatic nitrogens is 1. The molecule has 20 heavy (non-hydrogen) atoms. The number of nitrogens with one attached hydrogen (secondary N) is 1. The summed E-state index contributed by atoms with van der Waals surface area (Å²) in [5, 5.41) is 5.46. The van der Waals surface area contributed by atoms with E-state index in [4.69, 9.17) is 16.6 Å². The van der Waals surface area contributed by atoms with E-state index < -0.39 is 0 Å². The van der Waals surface area contributed by atoms with E-state index >= 15 is 0 Å². The highest BCUT2D eigenvalue weighted by Gasteiger charge is 2.20. The molecule has 0 amide bonds. The molecule has 0 bridgehead atoms. The fourth-order valence-corrected chi connectivity index (χ4v) is 3.34. The van der Waals surface area contributed by atoms with Crippen LogP contribution in [-0.2, 0) is 0 Å². The Kier molecular flexibility index (Phi) is 3.84. The molecule has 3 rings (SSSR count). The monoisotopic (exact) mass is 288 g/mol. The number of aryl methyl sites for hydroxylation is 1. The third kappa shape index (κ3) is 2.37. The molecule has 1 aliphatic rings. The normalized spacial score (nSPS) is 15.9. The Morgan fingerprint density at radius 3 is 2.75 bits per heavy atom. The van der Waals surface area contributed by atoms with Crippen LogP contribution in [0.3, 0.4) is 0 Å². The smallest absolute Gasteiger partial charge is 0.0770 e. The summed E-state index contributed by atoms with van der Waals surface area (Å²) in [6.07, 6.45) is 5.19.